The molecule has 0 radical (unpaired) electrons. The molecule has 9 heteroatoms. The van der Waals surface area contributed by atoms with Gasteiger partial charge in [-0.3, -0.25) is 19.9 Å². The van der Waals surface area contributed by atoms with Gasteiger partial charge in [-0.1, -0.05) is 18.2 Å². The van der Waals surface area contributed by atoms with Crippen LogP contribution in [0.1, 0.15) is 42.3 Å². The number of H-pyrrole nitrogens is 1. The highest BCUT2D eigenvalue weighted by atomic mass is 16.6. The lowest BCUT2D eigenvalue weighted by molar-refractivity contribution is -0.385. The summed E-state index contributed by atoms with van der Waals surface area (Å²) in [6.45, 7) is 7.29. The molecule has 174 valence electrons. The van der Waals surface area contributed by atoms with E-state index in [1.165, 1.54) is 19.2 Å². The van der Waals surface area contributed by atoms with Gasteiger partial charge in [0.1, 0.15) is 5.92 Å². The Morgan fingerprint density at radius 2 is 1.88 bits per heavy atom. The van der Waals surface area contributed by atoms with Crippen LogP contribution in [0.4, 0.5) is 5.69 Å². The Balaban J connectivity index is 1.99. The van der Waals surface area contributed by atoms with Gasteiger partial charge in [0.15, 0.2) is 0 Å². The SMILES string of the molecule is COC(=O)C1C(C)=NC(C)=C(C(=O)OCCc2cc(C)[nH]c2C)C1c1ccccc1[N+](=O)[O-]. The number of carbonyl (C=O) groups excluding carboxylic acids is 2. The third-order valence-electron chi connectivity index (χ3n) is 5.83. The Labute approximate surface area is 191 Å². The van der Waals surface area contributed by atoms with E-state index < -0.39 is 28.7 Å². The number of hydrogen-bond acceptors (Lipinski definition) is 7. The highest BCUT2D eigenvalue weighted by Crippen LogP contribution is 2.43. The molecule has 0 saturated heterocycles. The maximum Gasteiger partial charge on any atom is 0.336 e. The number of aromatic amines is 1. The number of benzene rings is 1. The monoisotopic (exact) mass is 453 g/mol. The average Bonchev–Trinajstić information content (AvgIpc) is 3.09. The summed E-state index contributed by atoms with van der Waals surface area (Å²) in [5.41, 5.74) is 3.98. The molecule has 1 aromatic carbocycles. The first-order valence-electron chi connectivity index (χ1n) is 10.5. The van der Waals surface area contributed by atoms with Crippen molar-refractivity contribution >= 4 is 23.3 Å². The molecule has 1 aromatic heterocycles. The van der Waals surface area contributed by atoms with Gasteiger partial charge in [-0.05, 0) is 39.3 Å². The zero-order chi connectivity index (χ0) is 24.3. The van der Waals surface area contributed by atoms with Gasteiger partial charge in [-0.25, -0.2) is 4.79 Å². The topological polar surface area (TPSA) is 124 Å². The van der Waals surface area contributed by atoms with E-state index in [1.54, 1.807) is 26.0 Å². The highest BCUT2D eigenvalue weighted by molar-refractivity contribution is 6.07. The van der Waals surface area contributed by atoms with Gasteiger partial charge in [-0.15, -0.1) is 0 Å². The van der Waals surface area contributed by atoms with Crippen molar-refractivity contribution < 1.29 is 24.0 Å². The van der Waals surface area contributed by atoms with E-state index >= 15 is 0 Å². The van der Waals surface area contributed by atoms with Gasteiger partial charge in [-0.2, -0.15) is 0 Å². The number of aromatic nitrogens is 1. The van der Waals surface area contributed by atoms with E-state index in [9.17, 15) is 19.7 Å². The van der Waals surface area contributed by atoms with Crippen LogP contribution in [0.25, 0.3) is 0 Å². The van der Waals surface area contributed by atoms with E-state index in [2.05, 4.69) is 9.98 Å². The van der Waals surface area contributed by atoms with Crippen molar-refractivity contribution in [3.05, 3.63) is 74.2 Å². The number of ether oxygens (including phenoxy) is 2. The van der Waals surface area contributed by atoms with Crippen molar-refractivity contribution in [3.8, 4) is 0 Å². The summed E-state index contributed by atoms with van der Waals surface area (Å²) in [5, 5.41) is 11.7. The number of para-hydroxylation sites is 1. The van der Waals surface area contributed by atoms with Gasteiger partial charge < -0.3 is 14.5 Å². The van der Waals surface area contributed by atoms with Crippen LogP contribution in [0.3, 0.4) is 0 Å². The van der Waals surface area contributed by atoms with E-state index in [0.717, 1.165) is 17.0 Å². The minimum Gasteiger partial charge on any atom is -0.468 e. The normalized spacial score (nSPS) is 18.0. The second-order valence-electron chi connectivity index (χ2n) is 8.04. The van der Waals surface area contributed by atoms with Gasteiger partial charge in [0.05, 0.1) is 24.2 Å². The Kier molecular flexibility index (Phi) is 7.10. The summed E-state index contributed by atoms with van der Waals surface area (Å²) >= 11 is 0. The predicted molar refractivity (Wildman–Crippen MR) is 122 cm³/mol. The second-order valence-corrected chi connectivity index (χ2v) is 8.04. The smallest absolute Gasteiger partial charge is 0.336 e. The first-order chi connectivity index (χ1) is 15.6. The largest absolute Gasteiger partial charge is 0.468 e. The quantitative estimate of drug-likeness (QED) is 0.385. The summed E-state index contributed by atoms with van der Waals surface area (Å²) in [4.78, 5) is 44.7. The third-order valence-corrected chi connectivity index (χ3v) is 5.83. The zero-order valence-electron chi connectivity index (χ0n) is 19.3. The Morgan fingerprint density at radius 3 is 2.48 bits per heavy atom. The number of nitro groups is 1. The van der Waals surface area contributed by atoms with Crippen molar-refractivity contribution in [2.75, 3.05) is 13.7 Å². The molecule has 3 rings (SSSR count). The molecule has 2 unspecified atom stereocenters. The number of carbonyl (C=O) groups is 2. The summed E-state index contributed by atoms with van der Waals surface area (Å²) in [6.07, 6.45) is 0.507. The zero-order valence-corrected chi connectivity index (χ0v) is 19.3. The van der Waals surface area contributed by atoms with Crippen LogP contribution in [0.15, 0.2) is 46.6 Å². The van der Waals surface area contributed by atoms with Crippen molar-refractivity contribution in [1.29, 1.82) is 0 Å². The molecular weight excluding hydrogens is 426 g/mol. The van der Waals surface area contributed by atoms with E-state index in [-0.39, 0.29) is 23.4 Å². The number of nitro benzene ring substituents is 1. The van der Waals surface area contributed by atoms with Crippen molar-refractivity contribution in [2.45, 2.75) is 40.0 Å². The molecule has 0 spiro atoms. The molecule has 0 bridgehead atoms. The fourth-order valence-corrected chi connectivity index (χ4v) is 4.36. The predicted octanol–water partition coefficient (Wildman–Crippen LogP) is 3.95. The van der Waals surface area contributed by atoms with Gasteiger partial charge in [0.2, 0.25) is 0 Å². The number of nitrogens with one attached hydrogen (secondary N) is 1. The summed E-state index contributed by atoms with van der Waals surface area (Å²) in [6, 6.07) is 8.05. The molecule has 33 heavy (non-hydrogen) atoms. The molecule has 1 aliphatic heterocycles. The summed E-state index contributed by atoms with van der Waals surface area (Å²) in [5.74, 6) is -3.24. The molecule has 9 nitrogen and oxygen atoms in total. The van der Waals surface area contributed by atoms with E-state index in [1.807, 2.05) is 19.9 Å². The van der Waals surface area contributed by atoms with Crippen molar-refractivity contribution in [2.24, 2.45) is 10.9 Å². The molecule has 0 saturated carbocycles. The number of allylic oxidation sites excluding steroid dienone is 1. The molecule has 2 aromatic rings. The lowest BCUT2D eigenvalue weighted by atomic mass is 9.75. The lowest BCUT2D eigenvalue weighted by Crippen LogP contribution is -2.36. The summed E-state index contributed by atoms with van der Waals surface area (Å²) < 4.78 is 10.5. The molecule has 0 amide bonds. The van der Waals surface area contributed by atoms with Gasteiger partial charge in [0, 0.05) is 46.8 Å². The molecule has 2 atom stereocenters. The molecule has 1 aliphatic rings. The number of esters is 2. The summed E-state index contributed by atoms with van der Waals surface area (Å²) in [7, 11) is 1.23. The first kappa shape index (κ1) is 23.9. The van der Waals surface area contributed by atoms with Gasteiger partial charge in [0.25, 0.3) is 5.69 Å². The van der Waals surface area contributed by atoms with E-state index in [4.69, 9.17) is 9.47 Å². The highest BCUT2D eigenvalue weighted by Gasteiger charge is 2.44. The molecule has 2 heterocycles. The minimum absolute atomic E-state index is 0.114. The van der Waals surface area contributed by atoms with Crippen LogP contribution in [0, 0.1) is 29.9 Å². The number of aryl methyl sites for hydroxylation is 2. The number of hydrogen-bond donors (Lipinski definition) is 1. The standard InChI is InChI=1S/C24H27N3O6/c1-13-12-17(14(2)25-13)10-11-33-24(29)21-16(4)26-15(3)20(23(28)32-5)22(21)18-8-6-7-9-19(18)27(30)31/h6-9,12,20,22,25H,10-11H2,1-5H3. The number of methoxy groups -OCH3 is 1. The average molecular weight is 453 g/mol. The maximum absolute atomic E-state index is 13.2. The lowest BCUT2D eigenvalue weighted by Gasteiger charge is -2.31. The van der Waals surface area contributed by atoms with Gasteiger partial charge >= 0.3 is 11.9 Å². The van der Waals surface area contributed by atoms with Crippen LogP contribution in [-0.4, -0.2) is 41.3 Å². The Hall–Kier alpha value is -3.75. The molecule has 1 N–H and O–H groups in total. The third kappa shape index (κ3) is 4.87. The molecule has 0 aliphatic carbocycles. The molecule has 0 fully saturated rings. The van der Waals surface area contributed by atoms with Crippen LogP contribution >= 0.6 is 0 Å². The number of aliphatic imine (C=N–C) groups is 1. The van der Waals surface area contributed by atoms with Crippen LogP contribution in [0.5, 0.6) is 0 Å². The minimum atomic E-state index is -0.989. The van der Waals surface area contributed by atoms with E-state index in [0.29, 0.717) is 17.8 Å². The fourth-order valence-electron chi connectivity index (χ4n) is 4.36. The maximum atomic E-state index is 13.2. The van der Waals surface area contributed by atoms with Crippen molar-refractivity contribution in [3.63, 3.8) is 0 Å². The van der Waals surface area contributed by atoms with Crippen LogP contribution in [-0.2, 0) is 25.5 Å². The van der Waals surface area contributed by atoms with Crippen LogP contribution in [0.2, 0.25) is 0 Å². The Bertz CT molecular complexity index is 1160. The van der Waals surface area contributed by atoms with Crippen molar-refractivity contribution in [1.82, 2.24) is 4.98 Å². The number of nitrogens with zero attached hydrogens (tertiary/aromatic N) is 2. The number of rotatable bonds is 7. The molecular formula is C24H27N3O6. The Morgan fingerprint density at radius 1 is 1.18 bits per heavy atom. The first-order valence-corrected chi connectivity index (χ1v) is 10.5. The van der Waals surface area contributed by atoms with Crippen LogP contribution < -0.4 is 0 Å². The second kappa shape index (κ2) is 9.81. The fraction of sp³-hybridized carbons (Fsp3) is 0.375.